The van der Waals surface area contributed by atoms with Crippen LogP contribution in [0.1, 0.15) is 0 Å². The van der Waals surface area contributed by atoms with Gasteiger partial charge < -0.3 is 4.74 Å². The summed E-state index contributed by atoms with van der Waals surface area (Å²) in [7, 11) is 0. The summed E-state index contributed by atoms with van der Waals surface area (Å²) in [6, 6.07) is 4.03. The molecule has 54 valence electrons. The van der Waals surface area contributed by atoms with E-state index in [0.29, 0.717) is 0 Å². The first kappa shape index (κ1) is 6.55. The van der Waals surface area contributed by atoms with E-state index in [1.165, 1.54) is 5.75 Å². The predicted octanol–water partition coefficient (Wildman–Crippen LogP) is 2.24. The van der Waals surface area contributed by atoms with E-state index in [-0.39, 0.29) is 0 Å². The van der Waals surface area contributed by atoms with Crippen LogP contribution in [-0.2, 0) is 0 Å². The summed E-state index contributed by atoms with van der Waals surface area (Å²) in [5, 5.41) is 3.87. The number of rotatable bonds is 3. The van der Waals surface area contributed by atoms with Crippen LogP contribution in [0.15, 0.2) is 17.5 Å². The Bertz CT molecular complexity index is 191. The Kier molecular flexibility index (Phi) is 1.86. The molecule has 1 nitrogen and oxygen atoms in total. The second-order valence-electron chi connectivity index (χ2n) is 2.20. The Labute approximate surface area is 68.4 Å². The fraction of sp³-hybridized carbons (Fsp3) is 0.429. The lowest BCUT2D eigenvalue weighted by molar-refractivity contribution is 0.339. The molecule has 1 aliphatic heterocycles. The van der Waals surface area contributed by atoms with E-state index in [0.717, 1.165) is 16.9 Å². The van der Waals surface area contributed by atoms with Crippen LogP contribution in [0.3, 0.4) is 0 Å². The van der Waals surface area contributed by atoms with Crippen molar-refractivity contribution in [3.63, 3.8) is 0 Å². The Balaban J connectivity index is 1.79. The van der Waals surface area contributed by atoms with Crippen LogP contribution >= 0.6 is 23.1 Å². The van der Waals surface area contributed by atoms with Gasteiger partial charge >= 0.3 is 0 Å². The number of thiophene rings is 1. The van der Waals surface area contributed by atoms with Crippen molar-refractivity contribution >= 4 is 23.1 Å². The third-order valence-corrected chi connectivity index (χ3v) is 3.03. The molecule has 0 saturated carbocycles. The highest BCUT2D eigenvalue weighted by Gasteiger charge is 2.22. The van der Waals surface area contributed by atoms with Gasteiger partial charge in [0, 0.05) is 11.0 Å². The molecule has 10 heavy (non-hydrogen) atoms. The minimum absolute atomic E-state index is 0.780. The van der Waals surface area contributed by atoms with Gasteiger partial charge in [0.05, 0.1) is 0 Å². The van der Waals surface area contributed by atoms with Crippen molar-refractivity contribution in [1.82, 2.24) is 0 Å². The molecule has 1 fully saturated rings. The van der Waals surface area contributed by atoms with Crippen molar-refractivity contribution in [2.75, 3.05) is 12.4 Å². The van der Waals surface area contributed by atoms with Crippen LogP contribution in [0.4, 0.5) is 0 Å². The Morgan fingerprint density at radius 1 is 1.70 bits per heavy atom. The fourth-order valence-corrected chi connectivity index (χ4v) is 1.67. The summed E-state index contributed by atoms with van der Waals surface area (Å²) >= 11 is 3.63. The molecule has 0 spiro atoms. The van der Waals surface area contributed by atoms with Crippen LogP contribution in [0.2, 0.25) is 0 Å². The second-order valence-corrected chi connectivity index (χ2v) is 4.44. The predicted molar refractivity (Wildman–Crippen MR) is 46.1 cm³/mol. The van der Waals surface area contributed by atoms with E-state index < -0.39 is 0 Å². The summed E-state index contributed by atoms with van der Waals surface area (Å²) in [5.41, 5.74) is 0. The zero-order valence-corrected chi connectivity index (χ0v) is 7.08. The minimum Gasteiger partial charge on any atom is -0.483 e. The van der Waals surface area contributed by atoms with E-state index in [9.17, 15) is 0 Å². The first-order chi connectivity index (χ1) is 4.95. The lowest BCUT2D eigenvalue weighted by Gasteiger charge is -1.97. The summed E-state index contributed by atoms with van der Waals surface area (Å²) in [6.45, 7) is 0.894. The fourth-order valence-electron chi connectivity index (χ4n) is 0.685. The topological polar surface area (TPSA) is 9.23 Å². The van der Waals surface area contributed by atoms with Crippen molar-refractivity contribution in [1.29, 1.82) is 0 Å². The van der Waals surface area contributed by atoms with Gasteiger partial charge in [-0.2, -0.15) is 11.8 Å². The van der Waals surface area contributed by atoms with Gasteiger partial charge in [-0.25, -0.2) is 0 Å². The maximum Gasteiger partial charge on any atom is 0.173 e. The van der Waals surface area contributed by atoms with E-state index in [4.69, 9.17) is 4.74 Å². The van der Waals surface area contributed by atoms with Gasteiger partial charge in [-0.15, -0.1) is 11.3 Å². The molecule has 1 aliphatic rings. The van der Waals surface area contributed by atoms with Crippen molar-refractivity contribution in [2.24, 2.45) is 0 Å². The maximum atomic E-state index is 5.47. The maximum absolute atomic E-state index is 5.47. The SMILES string of the molecule is c1csc(OCC2CS2)c1. The normalized spacial score (nSPS) is 22.6. The van der Waals surface area contributed by atoms with Crippen molar-refractivity contribution < 1.29 is 4.74 Å². The van der Waals surface area contributed by atoms with Crippen molar-refractivity contribution in [3.8, 4) is 5.06 Å². The first-order valence-corrected chi connectivity index (χ1v) is 5.16. The largest absolute Gasteiger partial charge is 0.483 e. The molecular weight excluding hydrogens is 164 g/mol. The van der Waals surface area contributed by atoms with Gasteiger partial charge in [-0.3, -0.25) is 0 Å². The molecule has 0 aliphatic carbocycles. The molecule has 1 unspecified atom stereocenters. The average molecular weight is 172 g/mol. The quantitative estimate of drug-likeness (QED) is 0.647. The van der Waals surface area contributed by atoms with Gasteiger partial charge in [-0.05, 0) is 17.5 Å². The highest BCUT2D eigenvalue weighted by atomic mass is 32.2. The Morgan fingerprint density at radius 3 is 3.20 bits per heavy atom. The molecule has 3 heteroatoms. The lowest BCUT2D eigenvalue weighted by atomic mass is 10.5. The van der Waals surface area contributed by atoms with Gasteiger partial charge in [-0.1, -0.05) is 0 Å². The molecule has 1 aromatic heterocycles. The summed E-state index contributed by atoms with van der Waals surface area (Å²) in [4.78, 5) is 0. The second kappa shape index (κ2) is 2.84. The number of ether oxygens (including phenoxy) is 1. The molecule has 0 bridgehead atoms. The zero-order valence-electron chi connectivity index (χ0n) is 5.45. The van der Waals surface area contributed by atoms with E-state index in [2.05, 4.69) is 0 Å². The minimum atomic E-state index is 0.780. The monoisotopic (exact) mass is 172 g/mol. The number of thioether (sulfide) groups is 1. The molecule has 1 atom stereocenters. The smallest absolute Gasteiger partial charge is 0.173 e. The van der Waals surface area contributed by atoms with Crippen LogP contribution in [0, 0.1) is 0 Å². The molecule has 0 aromatic carbocycles. The zero-order chi connectivity index (χ0) is 6.81. The number of hydrogen-bond acceptors (Lipinski definition) is 3. The molecule has 1 saturated heterocycles. The summed E-state index contributed by atoms with van der Waals surface area (Å²) in [6.07, 6.45) is 0. The van der Waals surface area contributed by atoms with Crippen LogP contribution in [0.5, 0.6) is 5.06 Å². The van der Waals surface area contributed by atoms with E-state index >= 15 is 0 Å². The molecular formula is C7H8OS2. The van der Waals surface area contributed by atoms with E-state index in [1.807, 2.05) is 29.3 Å². The number of hydrogen-bond donors (Lipinski definition) is 0. The highest BCUT2D eigenvalue weighted by molar-refractivity contribution is 8.06. The van der Waals surface area contributed by atoms with Crippen LogP contribution < -0.4 is 4.74 Å². The molecule has 2 rings (SSSR count). The third-order valence-electron chi connectivity index (χ3n) is 1.31. The van der Waals surface area contributed by atoms with Crippen molar-refractivity contribution in [2.45, 2.75) is 5.25 Å². The molecule has 0 radical (unpaired) electrons. The van der Waals surface area contributed by atoms with Gasteiger partial charge in [0.1, 0.15) is 6.61 Å². The average Bonchev–Trinajstić information content (AvgIpc) is 2.63. The van der Waals surface area contributed by atoms with Gasteiger partial charge in [0.25, 0.3) is 0 Å². The summed E-state index contributed by atoms with van der Waals surface area (Å²) < 4.78 is 5.47. The van der Waals surface area contributed by atoms with Crippen LogP contribution in [-0.4, -0.2) is 17.6 Å². The summed E-state index contributed by atoms with van der Waals surface area (Å²) in [5.74, 6) is 1.28. The Morgan fingerprint density at radius 2 is 2.60 bits per heavy atom. The standard InChI is InChI=1S/C7H8OS2/c1-2-7(9-3-1)8-4-6-5-10-6/h1-3,6H,4-5H2. The molecule has 1 aromatic rings. The van der Waals surface area contributed by atoms with Gasteiger partial charge in [0.15, 0.2) is 5.06 Å². The molecule has 2 heterocycles. The highest BCUT2D eigenvalue weighted by Crippen LogP contribution is 2.31. The van der Waals surface area contributed by atoms with Gasteiger partial charge in [0.2, 0.25) is 0 Å². The Hall–Kier alpha value is -0.150. The first-order valence-electron chi connectivity index (χ1n) is 3.23. The van der Waals surface area contributed by atoms with Crippen LogP contribution in [0.25, 0.3) is 0 Å². The van der Waals surface area contributed by atoms with E-state index in [1.54, 1.807) is 11.3 Å². The van der Waals surface area contributed by atoms with Crippen molar-refractivity contribution in [3.05, 3.63) is 17.5 Å². The molecule has 0 N–H and O–H groups in total. The lowest BCUT2D eigenvalue weighted by Crippen LogP contribution is -2.01. The third kappa shape index (κ3) is 1.67. The molecule has 0 amide bonds.